The zero-order valence-corrected chi connectivity index (χ0v) is 15.8. The number of nitrogens with one attached hydrogen (secondary N) is 1. The molecule has 2 aromatic heterocycles. The number of thiazole rings is 1. The van der Waals surface area contributed by atoms with Crippen molar-refractivity contribution < 1.29 is 14.3 Å². The number of carbonyl (C=O) groups is 2. The highest BCUT2D eigenvalue weighted by atomic mass is 35.5. The molecule has 130 valence electrons. The third-order valence-electron chi connectivity index (χ3n) is 3.12. The quantitative estimate of drug-likeness (QED) is 0.664. The van der Waals surface area contributed by atoms with E-state index in [1.54, 1.807) is 30.3 Å². The Balaban J connectivity index is 1.57. The van der Waals surface area contributed by atoms with Crippen LogP contribution in [0.4, 0.5) is 10.8 Å². The molecule has 6 nitrogen and oxygen atoms in total. The number of fused-ring (bicyclic) bond motifs is 1. The van der Waals surface area contributed by atoms with Crippen molar-refractivity contribution in [3.8, 4) is 0 Å². The van der Waals surface area contributed by atoms with Crippen molar-refractivity contribution in [2.75, 3.05) is 30.9 Å². The van der Waals surface area contributed by atoms with Crippen LogP contribution in [0.3, 0.4) is 0 Å². The van der Waals surface area contributed by atoms with Gasteiger partial charge in [-0.2, -0.15) is 0 Å². The lowest BCUT2D eigenvalue weighted by molar-refractivity contribution is -0.119. The second kappa shape index (κ2) is 7.38. The molecule has 9 heteroatoms. The lowest BCUT2D eigenvalue weighted by Gasteiger charge is -2.06. The van der Waals surface area contributed by atoms with Gasteiger partial charge in [0.2, 0.25) is 0 Å². The minimum atomic E-state index is -0.534. The highest BCUT2D eigenvalue weighted by Gasteiger charge is 2.17. The number of anilines is 2. The molecule has 0 bridgehead atoms. The Hall–Kier alpha value is -2.16. The zero-order chi connectivity index (χ0) is 18.0. The van der Waals surface area contributed by atoms with Gasteiger partial charge in [0.15, 0.2) is 11.7 Å². The molecule has 0 unspecified atom stereocenters. The second-order valence-electron chi connectivity index (χ2n) is 5.30. The molecule has 1 amide bonds. The third-order valence-corrected chi connectivity index (χ3v) is 5.68. The van der Waals surface area contributed by atoms with Crippen molar-refractivity contribution in [3.63, 3.8) is 0 Å². The topological polar surface area (TPSA) is 71.5 Å². The molecule has 0 saturated carbocycles. The zero-order valence-electron chi connectivity index (χ0n) is 13.4. The summed E-state index contributed by atoms with van der Waals surface area (Å²) < 4.78 is 5.98. The maximum Gasteiger partial charge on any atom is 0.348 e. The Labute approximate surface area is 157 Å². The average molecular weight is 396 g/mol. The van der Waals surface area contributed by atoms with E-state index in [1.807, 2.05) is 19.0 Å². The average Bonchev–Trinajstić information content (AvgIpc) is 3.14. The predicted octanol–water partition coefficient (Wildman–Crippen LogP) is 3.87. The standard InChI is InChI=1S/C16H14ClN3O3S2/c1-20(2)16-19-14-11(25-16)7-12(24-14)15(22)23-8-13(21)18-10-5-3-9(17)4-6-10/h3-7H,8H2,1-2H3,(H,18,21). The van der Waals surface area contributed by atoms with E-state index in [2.05, 4.69) is 10.3 Å². The summed E-state index contributed by atoms with van der Waals surface area (Å²) in [6.45, 7) is -0.358. The van der Waals surface area contributed by atoms with E-state index in [4.69, 9.17) is 16.3 Å². The van der Waals surface area contributed by atoms with Gasteiger partial charge in [-0.1, -0.05) is 22.9 Å². The molecule has 0 spiro atoms. The fraction of sp³-hybridized carbons (Fsp3) is 0.188. The van der Waals surface area contributed by atoms with Crippen molar-refractivity contribution in [1.29, 1.82) is 0 Å². The Morgan fingerprint density at radius 3 is 2.60 bits per heavy atom. The molecule has 0 atom stereocenters. The van der Waals surface area contributed by atoms with Crippen molar-refractivity contribution in [3.05, 3.63) is 40.2 Å². The van der Waals surface area contributed by atoms with E-state index >= 15 is 0 Å². The van der Waals surface area contributed by atoms with Gasteiger partial charge in [0.05, 0.1) is 4.70 Å². The lowest BCUT2D eigenvalue weighted by atomic mass is 10.3. The highest BCUT2D eigenvalue weighted by Crippen LogP contribution is 2.34. The molecule has 0 fully saturated rings. The Bertz CT molecular complexity index is 887. The lowest BCUT2D eigenvalue weighted by Crippen LogP contribution is -2.20. The number of ether oxygens (including phenoxy) is 1. The van der Waals surface area contributed by atoms with Crippen molar-refractivity contribution >= 4 is 66.5 Å². The van der Waals surface area contributed by atoms with Gasteiger partial charge in [-0.25, -0.2) is 9.78 Å². The van der Waals surface area contributed by atoms with Gasteiger partial charge in [-0.05, 0) is 30.3 Å². The Morgan fingerprint density at radius 1 is 1.24 bits per heavy atom. The van der Waals surface area contributed by atoms with Crippen molar-refractivity contribution in [2.24, 2.45) is 0 Å². The molecule has 1 aromatic carbocycles. The number of aromatic nitrogens is 1. The SMILES string of the molecule is CN(C)c1nc2sc(C(=O)OCC(=O)Nc3ccc(Cl)cc3)cc2s1. The van der Waals surface area contributed by atoms with Crippen LogP contribution in [0.5, 0.6) is 0 Å². The van der Waals surface area contributed by atoms with Crippen LogP contribution in [-0.2, 0) is 9.53 Å². The van der Waals surface area contributed by atoms with E-state index in [0.29, 0.717) is 15.6 Å². The monoisotopic (exact) mass is 395 g/mol. The summed E-state index contributed by atoms with van der Waals surface area (Å²) in [6.07, 6.45) is 0. The number of hydrogen-bond acceptors (Lipinski definition) is 7. The normalized spacial score (nSPS) is 10.7. The number of nitrogens with zero attached hydrogens (tertiary/aromatic N) is 2. The Kier molecular flexibility index (Phi) is 5.22. The summed E-state index contributed by atoms with van der Waals surface area (Å²) in [6, 6.07) is 8.41. The van der Waals surface area contributed by atoms with Crippen LogP contribution in [0.15, 0.2) is 30.3 Å². The minimum Gasteiger partial charge on any atom is -0.451 e. The van der Waals surface area contributed by atoms with Gasteiger partial charge in [-0.15, -0.1) is 11.3 Å². The van der Waals surface area contributed by atoms with Gasteiger partial charge in [-0.3, -0.25) is 4.79 Å². The maximum absolute atomic E-state index is 12.1. The number of thiophene rings is 1. The number of benzene rings is 1. The number of carbonyl (C=O) groups excluding carboxylic acids is 2. The first kappa shape index (κ1) is 17.7. The molecule has 0 aliphatic rings. The van der Waals surface area contributed by atoms with E-state index in [0.717, 1.165) is 14.7 Å². The molecule has 0 saturated heterocycles. The summed E-state index contributed by atoms with van der Waals surface area (Å²) in [5, 5.41) is 4.09. The largest absolute Gasteiger partial charge is 0.451 e. The summed E-state index contributed by atoms with van der Waals surface area (Å²) in [5.41, 5.74) is 0.586. The molecule has 3 rings (SSSR count). The van der Waals surface area contributed by atoms with E-state index in [9.17, 15) is 9.59 Å². The fourth-order valence-corrected chi connectivity index (χ4v) is 4.10. The van der Waals surface area contributed by atoms with Crippen molar-refractivity contribution in [1.82, 2.24) is 4.98 Å². The molecule has 0 aliphatic carbocycles. The number of amides is 1. The van der Waals surface area contributed by atoms with Crippen LogP contribution in [0.2, 0.25) is 5.02 Å². The van der Waals surface area contributed by atoms with Crippen LogP contribution < -0.4 is 10.2 Å². The first-order valence-corrected chi connectivity index (χ1v) is 9.24. The number of esters is 1. The molecule has 25 heavy (non-hydrogen) atoms. The molecule has 0 radical (unpaired) electrons. The second-order valence-corrected chi connectivity index (χ2v) is 7.78. The van der Waals surface area contributed by atoms with Crippen LogP contribution >= 0.6 is 34.3 Å². The summed E-state index contributed by atoms with van der Waals surface area (Å²) in [4.78, 5) is 31.5. The first-order valence-electron chi connectivity index (χ1n) is 7.22. The highest BCUT2D eigenvalue weighted by molar-refractivity contribution is 7.29. The van der Waals surface area contributed by atoms with E-state index < -0.39 is 11.9 Å². The number of halogens is 1. The van der Waals surface area contributed by atoms with E-state index in [1.165, 1.54) is 22.7 Å². The molecule has 3 aromatic rings. The van der Waals surface area contributed by atoms with Crippen molar-refractivity contribution in [2.45, 2.75) is 0 Å². The van der Waals surface area contributed by atoms with Gasteiger partial charge in [0, 0.05) is 24.8 Å². The molecular formula is C16H14ClN3O3S2. The smallest absolute Gasteiger partial charge is 0.348 e. The predicted molar refractivity (Wildman–Crippen MR) is 102 cm³/mol. The number of hydrogen-bond donors (Lipinski definition) is 1. The van der Waals surface area contributed by atoms with Crippen LogP contribution in [-0.4, -0.2) is 37.6 Å². The summed E-state index contributed by atoms with van der Waals surface area (Å²) in [5.74, 6) is -0.949. The molecular weight excluding hydrogens is 382 g/mol. The van der Waals surface area contributed by atoms with Crippen LogP contribution in [0, 0.1) is 0 Å². The van der Waals surface area contributed by atoms with Crippen LogP contribution in [0.1, 0.15) is 9.67 Å². The van der Waals surface area contributed by atoms with Gasteiger partial charge < -0.3 is 15.0 Å². The minimum absolute atomic E-state index is 0.358. The summed E-state index contributed by atoms with van der Waals surface area (Å²) >= 11 is 8.53. The van der Waals surface area contributed by atoms with Gasteiger partial charge >= 0.3 is 5.97 Å². The summed E-state index contributed by atoms with van der Waals surface area (Å²) in [7, 11) is 3.83. The maximum atomic E-state index is 12.1. The Morgan fingerprint density at radius 2 is 1.96 bits per heavy atom. The number of rotatable bonds is 5. The van der Waals surface area contributed by atoms with E-state index in [-0.39, 0.29) is 6.61 Å². The molecule has 0 aliphatic heterocycles. The molecule has 1 N–H and O–H groups in total. The van der Waals surface area contributed by atoms with Crippen LogP contribution in [0.25, 0.3) is 9.53 Å². The van der Waals surface area contributed by atoms with Gasteiger partial charge in [0.25, 0.3) is 5.91 Å². The van der Waals surface area contributed by atoms with Gasteiger partial charge in [0.1, 0.15) is 9.71 Å². The first-order chi connectivity index (χ1) is 11.9. The third kappa shape index (κ3) is 4.28. The fourth-order valence-electron chi connectivity index (χ4n) is 1.95. The molecule has 2 heterocycles.